The van der Waals surface area contributed by atoms with E-state index in [9.17, 15) is 13.2 Å². The fourth-order valence-electron chi connectivity index (χ4n) is 2.35. The summed E-state index contributed by atoms with van der Waals surface area (Å²) < 4.78 is 32.2. The van der Waals surface area contributed by atoms with Crippen molar-refractivity contribution >= 4 is 16.0 Å². The van der Waals surface area contributed by atoms with E-state index in [1.165, 1.54) is 19.2 Å². The molecule has 0 spiro atoms. The molecule has 0 radical (unpaired) electrons. The van der Waals surface area contributed by atoms with Gasteiger partial charge in [-0.15, -0.1) is 0 Å². The summed E-state index contributed by atoms with van der Waals surface area (Å²) in [5.74, 6) is -0.204. The van der Waals surface area contributed by atoms with Crippen LogP contribution in [-0.4, -0.2) is 28.0 Å². The Morgan fingerprint density at radius 1 is 1.30 bits per heavy atom. The molecule has 0 saturated heterocycles. The predicted molar refractivity (Wildman–Crippen MR) is 91.0 cm³/mol. The van der Waals surface area contributed by atoms with Crippen molar-refractivity contribution in [1.82, 2.24) is 4.72 Å². The number of ether oxygens (including phenoxy) is 1. The molecule has 1 unspecified atom stereocenters. The van der Waals surface area contributed by atoms with Crippen molar-refractivity contribution in [2.75, 3.05) is 13.7 Å². The number of unbranched alkanes of at least 4 members (excludes halogenated alkanes) is 1. The first-order valence-electron chi connectivity index (χ1n) is 8.04. The van der Waals surface area contributed by atoms with Gasteiger partial charge in [0.25, 0.3) is 0 Å². The molecule has 1 rings (SSSR count). The fourth-order valence-corrected chi connectivity index (χ4v) is 3.49. The van der Waals surface area contributed by atoms with Crippen LogP contribution in [0.4, 0.5) is 0 Å². The van der Waals surface area contributed by atoms with Crippen molar-refractivity contribution in [2.45, 2.75) is 51.3 Å². The van der Waals surface area contributed by atoms with E-state index in [1.54, 1.807) is 13.0 Å². The molecule has 1 aromatic carbocycles. The normalized spacial score (nSPS) is 12.9. The topological polar surface area (TPSA) is 72.5 Å². The molecular formula is C17H27NO4S. The van der Waals surface area contributed by atoms with Gasteiger partial charge in [0.2, 0.25) is 10.0 Å². The van der Waals surface area contributed by atoms with Crippen LogP contribution < -0.4 is 4.72 Å². The Morgan fingerprint density at radius 2 is 2.00 bits per heavy atom. The minimum Gasteiger partial charge on any atom is -0.465 e. The lowest BCUT2D eigenvalue weighted by Crippen LogP contribution is -2.29. The Balaban J connectivity index is 2.89. The van der Waals surface area contributed by atoms with Crippen molar-refractivity contribution < 1.29 is 17.9 Å². The van der Waals surface area contributed by atoms with Crippen LogP contribution in [0.5, 0.6) is 0 Å². The molecule has 23 heavy (non-hydrogen) atoms. The number of hydrogen-bond donors (Lipinski definition) is 1. The van der Waals surface area contributed by atoms with E-state index in [4.69, 9.17) is 4.74 Å². The summed E-state index contributed by atoms with van der Waals surface area (Å²) in [6, 6.07) is 4.50. The average Bonchev–Trinajstić information content (AvgIpc) is 2.54. The molecule has 6 heteroatoms. The first-order valence-corrected chi connectivity index (χ1v) is 9.52. The van der Waals surface area contributed by atoms with Crippen LogP contribution in [0.25, 0.3) is 0 Å². The van der Waals surface area contributed by atoms with Gasteiger partial charge in [0.1, 0.15) is 0 Å². The van der Waals surface area contributed by atoms with Gasteiger partial charge >= 0.3 is 5.97 Å². The first kappa shape index (κ1) is 19.6. The standard InChI is InChI=1S/C17H27NO4S/c1-5-7-8-14(6-2)12-18-23(20,21)15-10-9-13(3)16(11-15)17(19)22-4/h9-11,14,18H,5-8,12H2,1-4H3. The highest BCUT2D eigenvalue weighted by Gasteiger charge is 2.19. The van der Waals surface area contributed by atoms with Gasteiger partial charge in [-0.1, -0.05) is 39.2 Å². The van der Waals surface area contributed by atoms with Crippen molar-refractivity contribution in [2.24, 2.45) is 5.92 Å². The van der Waals surface area contributed by atoms with Crippen molar-refractivity contribution in [3.05, 3.63) is 29.3 Å². The summed E-state index contributed by atoms with van der Waals surface area (Å²) in [6.45, 7) is 6.35. The van der Waals surface area contributed by atoms with Crippen molar-refractivity contribution in [1.29, 1.82) is 0 Å². The number of benzene rings is 1. The van der Waals surface area contributed by atoms with Crippen LogP contribution in [0.1, 0.15) is 55.5 Å². The second-order valence-corrected chi connectivity index (χ2v) is 7.50. The van der Waals surface area contributed by atoms with Gasteiger partial charge in [0.15, 0.2) is 0 Å². The van der Waals surface area contributed by atoms with E-state index < -0.39 is 16.0 Å². The lowest BCUT2D eigenvalue weighted by Gasteiger charge is -2.16. The Labute approximate surface area is 139 Å². The summed E-state index contributed by atoms with van der Waals surface area (Å²) >= 11 is 0. The highest BCUT2D eigenvalue weighted by Crippen LogP contribution is 2.18. The quantitative estimate of drug-likeness (QED) is 0.700. The van der Waals surface area contributed by atoms with Crippen LogP contribution in [0.15, 0.2) is 23.1 Å². The number of sulfonamides is 1. The lowest BCUT2D eigenvalue weighted by atomic mass is 10.00. The maximum absolute atomic E-state index is 12.4. The molecule has 0 heterocycles. The highest BCUT2D eigenvalue weighted by atomic mass is 32.2. The maximum Gasteiger partial charge on any atom is 0.338 e. The number of rotatable bonds is 9. The number of hydrogen-bond acceptors (Lipinski definition) is 4. The predicted octanol–water partition coefficient (Wildman–Crippen LogP) is 3.28. The van der Waals surface area contributed by atoms with E-state index in [2.05, 4.69) is 18.6 Å². The van der Waals surface area contributed by atoms with Crippen molar-refractivity contribution in [3.8, 4) is 0 Å². The average molecular weight is 341 g/mol. The molecule has 1 atom stereocenters. The number of nitrogens with one attached hydrogen (secondary N) is 1. The summed E-state index contributed by atoms with van der Waals surface area (Å²) in [5, 5.41) is 0. The molecule has 0 aliphatic carbocycles. The third-order valence-corrected chi connectivity index (χ3v) is 5.45. The van der Waals surface area contributed by atoms with Crippen LogP contribution in [0, 0.1) is 12.8 Å². The largest absolute Gasteiger partial charge is 0.465 e. The Bertz CT molecular complexity index is 625. The molecule has 0 aromatic heterocycles. The number of aryl methyl sites for hydroxylation is 1. The van der Waals surface area contributed by atoms with Crippen molar-refractivity contribution in [3.63, 3.8) is 0 Å². The SMILES string of the molecule is CCCCC(CC)CNS(=O)(=O)c1ccc(C)c(C(=O)OC)c1. The zero-order valence-electron chi connectivity index (χ0n) is 14.4. The van der Waals surface area contributed by atoms with Crippen LogP contribution in [0.2, 0.25) is 0 Å². The zero-order valence-corrected chi connectivity index (χ0v) is 15.2. The van der Waals surface area contributed by atoms with E-state index in [0.29, 0.717) is 18.0 Å². The summed E-state index contributed by atoms with van der Waals surface area (Å²) in [4.78, 5) is 11.8. The molecule has 0 aliphatic heterocycles. The summed E-state index contributed by atoms with van der Waals surface area (Å²) in [5.41, 5.74) is 0.957. The molecule has 0 bridgehead atoms. The molecule has 5 nitrogen and oxygen atoms in total. The third kappa shape index (κ3) is 5.62. The molecule has 0 aliphatic rings. The molecule has 1 aromatic rings. The Morgan fingerprint density at radius 3 is 2.57 bits per heavy atom. The van der Waals surface area contributed by atoms with E-state index in [1.807, 2.05) is 0 Å². The lowest BCUT2D eigenvalue weighted by molar-refractivity contribution is 0.0599. The second kappa shape index (κ2) is 9.03. The minimum absolute atomic E-state index is 0.0915. The van der Waals surface area contributed by atoms with Crippen LogP contribution in [0.3, 0.4) is 0 Å². The molecule has 1 N–H and O–H groups in total. The zero-order chi connectivity index (χ0) is 17.5. The van der Waals surface area contributed by atoms with Gasteiger partial charge in [-0.25, -0.2) is 17.9 Å². The monoisotopic (exact) mass is 341 g/mol. The third-order valence-electron chi connectivity index (χ3n) is 4.03. The van der Waals surface area contributed by atoms with Crippen LogP contribution in [-0.2, 0) is 14.8 Å². The second-order valence-electron chi connectivity index (χ2n) is 5.74. The molecular weight excluding hydrogens is 314 g/mol. The van der Waals surface area contributed by atoms with Crippen LogP contribution >= 0.6 is 0 Å². The van der Waals surface area contributed by atoms with Gasteiger partial charge in [0.05, 0.1) is 17.6 Å². The van der Waals surface area contributed by atoms with Gasteiger partial charge in [-0.05, 0) is 37.0 Å². The number of esters is 1. The maximum atomic E-state index is 12.4. The fraction of sp³-hybridized carbons (Fsp3) is 0.588. The summed E-state index contributed by atoms with van der Waals surface area (Å²) in [6.07, 6.45) is 4.14. The molecule has 130 valence electrons. The number of carbonyl (C=O) groups is 1. The Hall–Kier alpha value is -1.40. The van der Waals surface area contributed by atoms with E-state index in [-0.39, 0.29) is 10.5 Å². The van der Waals surface area contributed by atoms with E-state index in [0.717, 1.165) is 25.7 Å². The Kier molecular flexibility index (Phi) is 7.72. The molecule has 0 amide bonds. The van der Waals surface area contributed by atoms with Gasteiger partial charge in [-0.3, -0.25) is 0 Å². The molecule has 0 fully saturated rings. The van der Waals surface area contributed by atoms with Gasteiger partial charge in [0, 0.05) is 6.54 Å². The van der Waals surface area contributed by atoms with Gasteiger partial charge < -0.3 is 4.74 Å². The minimum atomic E-state index is -3.63. The number of methoxy groups -OCH3 is 1. The van der Waals surface area contributed by atoms with E-state index >= 15 is 0 Å². The smallest absolute Gasteiger partial charge is 0.338 e. The molecule has 0 saturated carbocycles. The van der Waals surface area contributed by atoms with Gasteiger partial charge in [-0.2, -0.15) is 0 Å². The first-order chi connectivity index (χ1) is 10.9. The number of carbonyl (C=O) groups excluding carboxylic acids is 1. The summed E-state index contributed by atoms with van der Waals surface area (Å²) in [7, 11) is -2.35. The highest BCUT2D eigenvalue weighted by molar-refractivity contribution is 7.89.